The van der Waals surface area contributed by atoms with Crippen LogP contribution >= 0.6 is 0 Å². The number of pyridine rings is 1. The van der Waals surface area contributed by atoms with E-state index in [-0.39, 0.29) is 0 Å². The van der Waals surface area contributed by atoms with Crippen LogP contribution in [-0.2, 0) is 13.0 Å². The number of rotatable bonds is 4. The second kappa shape index (κ2) is 6.01. The lowest BCUT2D eigenvalue weighted by atomic mass is 10.1. The van der Waals surface area contributed by atoms with Crippen LogP contribution in [0.2, 0.25) is 0 Å². The van der Waals surface area contributed by atoms with Crippen molar-refractivity contribution in [2.75, 3.05) is 18.0 Å². The van der Waals surface area contributed by atoms with Crippen molar-refractivity contribution in [1.82, 2.24) is 4.98 Å². The lowest BCUT2D eigenvalue weighted by Gasteiger charge is -2.28. The van der Waals surface area contributed by atoms with Gasteiger partial charge in [0.25, 0.3) is 0 Å². The number of hydrogen-bond donors (Lipinski definition) is 1. The van der Waals surface area contributed by atoms with Crippen molar-refractivity contribution in [3.05, 3.63) is 35.0 Å². The number of nitrogens with two attached hydrogens (primary N) is 1. The molecule has 0 amide bonds. The third-order valence-corrected chi connectivity index (χ3v) is 3.32. The van der Waals surface area contributed by atoms with Crippen LogP contribution in [0.25, 0.3) is 0 Å². The predicted octanol–water partition coefficient (Wildman–Crippen LogP) is 2.65. The molecule has 98 valence electrons. The predicted molar refractivity (Wildman–Crippen MR) is 76.7 cm³/mol. The third kappa shape index (κ3) is 3.10. The van der Waals surface area contributed by atoms with Gasteiger partial charge in [0.1, 0.15) is 5.82 Å². The molecule has 3 heteroatoms. The van der Waals surface area contributed by atoms with Gasteiger partial charge in [0.05, 0.1) is 0 Å². The van der Waals surface area contributed by atoms with Gasteiger partial charge in [0, 0.05) is 25.3 Å². The number of nitrogens with zero attached hydrogens (tertiary/aromatic N) is 2. The van der Waals surface area contributed by atoms with Crippen LogP contribution < -0.4 is 10.6 Å². The zero-order valence-corrected chi connectivity index (χ0v) is 11.4. The molecule has 1 aromatic heterocycles. The van der Waals surface area contributed by atoms with E-state index in [4.69, 9.17) is 10.7 Å². The SMILES string of the molecule is CCCc1cc(CN)cc(N2CCC=C(C)C2)n1. The minimum atomic E-state index is 0.592. The van der Waals surface area contributed by atoms with Gasteiger partial charge < -0.3 is 10.6 Å². The lowest BCUT2D eigenvalue weighted by Crippen LogP contribution is -2.30. The van der Waals surface area contributed by atoms with E-state index in [2.05, 4.69) is 37.0 Å². The van der Waals surface area contributed by atoms with Crippen molar-refractivity contribution in [3.8, 4) is 0 Å². The molecule has 1 aliphatic heterocycles. The fourth-order valence-electron chi connectivity index (χ4n) is 2.40. The van der Waals surface area contributed by atoms with Crippen LogP contribution in [0.15, 0.2) is 23.8 Å². The summed E-state index contributed by atoms with van der Waals surface area (Å²) < 4.78 is 0. The summed E-state index contributed by atoms with van der Waals surface area (Å²) in [6.45, 7) is 7.02. The first-order valence-electron chi connectivity index (χ1n) is 6.83. The van der Waals surface area contributed by atoms with E-state index in [1.54, 1.807) is 0 Å². The quantitative estimate of drug-likeness (QED) is 0.829. The lowest BCUT2D eigenvalue weighted by molar-refractivity contribution is 0.767. The molecule has 2 heterocycles. The Kier molecular flexibility index (Phi) is 4.37. The van der Waals surface area contributed by atoms with Crippen molar-refractivity contribution in [2.24, 2.45) is 5.73 Å². The first-order valence-corrected chi connectivity index (χ1v) is 6.83. The van der Waals surface area contributed by atoms with E-state index in [1.165, 1.54) is 16.8 Å². The van der Waals surface area contributed by atoms with Gasteiger partial charge in [-0.15, -0.1) is 0 Å². The topological polar surface area (TPSA) is 42.1 Å². The molecule has 0 unspecified atom stereocenters. The molecule has 0 spiro atoms. The molecule has 0 fully saturated rings. The smallest absolute Gasteiger partial charge is 0.129 e. The highest BCUT2D eigenvalue weighted by atomic mass is 15.2. The Hall–Kier alpha value is -1.35. The fraction of sp³-hybridized carbons (Fsp3) is 0.533. The number of hydrogen-bond acceptors (Lipinski definition) is 3. The van der Waals surface area contributed by atoms with Gasteiger partial charge in [-0.2, -0.15) is 0 Å². The van der Waals surface area contributed by atoms with Crippen LogP contribution in [0.5, 0.6) is 0 Å². The first kappa shape index (κ1) is 13.1. The van der Waals surface area contributed by atoms with Crippen molar-refractivity contribution < 1.29 is 0 Å². The highest BCUT2D eigenvalue weighted by molar-refractivity contribution is 5.45. The number of aromatic nitrogens is 1. The molecule has 1 aliphatic rings. The van der Waals surface area contributed by atoms with Gasteiger partial charge in [-0.3, -0.25) is 0 Å². The van der Waals surface area contributed by atoms with Gasteiger partial charge >= 0.3 is 0 Å². The summed E-state index contributed by atoms with van der Waals surface area (Å²) in [5.74, 6) is 1.09. The Balaban J connectivity index is 2.25. The van der Waals surface area contributed by atoms with E-state index < -0.39 is 0 Å². The molecule has 3 nitrogen and oxygen atoms in total. The number of aryl methyl sites for hydroxylation is 1. The van der Waals surface area contributed by atoms with E-state index >= 15 is 0 Å². The fourth-order valence-corrected chi connectivity index (χ4v) is 2.40. The summed E-state index contributed by atoms with van der Waals surface area (Å²) in [4.78, 5) is 7.13. The molecule has 0 saturated heterocycles. The molecular formula is C15H23N3. The summed E-state index contributed by atoms with van der Waals surface area (Å²) in [5, 5.41) is 0. The maximum atomic E-state index is 5.78. The summed E-state index contributed by atoms with van der Waals surface area (Å²) >= 11 is 0. The second-order valence-corrected chi connectivity index (χ2v) is 5.04. The van der Waals surface area contributed by atoms with Gasteiger partial charge in [0.15, 0.2) is 0 Å². The molecule has 0 aromatic carbocycles. The highest BCUT2D eigenvalue weighted by Gasteiger charge is 2.13. The van der Waals surface area contributed by atoms with Crippen LogP contribution in [-0.4, -0.2) is 18.1 Å². The average Bonchev–Trinajstić information content (AvgIpc) is 2.39. The highest BCUT2D eigenvalue weighted by Crippen LogP contribution is 2.20. The third-order valence-electron chi connectivity index (χ3n) is 3.32. The summed E-state index contributed by atoms with van der Waals surface area (Å²) in [7, 11) is 0. The minimum Gasteiger partial charge on any atom is -0.352 e. The zero-order chi connectivity index (χ0) is 13.0. The molecule has 1 aromatic rings. The van der Waals surface area contributed by atoms with Gasteiger partial charge in [-0.1, -0.05) is 25.0 Å². The van der Waals surface area contributed by atoms with Crippen LogP contribution in [0, 0.1) is 0 Å². The zero-order valence-electron chi connectivity index (χ0n) is 11.4. The first-order chi connectivity index (χ1) is 8.72. The maximum absolute atomic E-state index is 5.78. The van der Waals surface area contributed by atoms with Crippen LogP contribution in [0.4, 0.5) is 5.82 Å². The normalized spacial score (nSPS) is 15.7. The van der Waals surface area contributed by atoms with E-state index in [0.717, 1.165) is 38.2 Å². The molecular weight excluding hydrogens is 222 g/mol. The maximum Gasteiger partial charge on any atom is 0.129 e. The van der Waals surface area contributed by atoms with Crippen molar-refractivity contribution in [3.63, 3.8) is 0 Å². The monoisotopic (exact) mass is 245 g/mol. The van der Waals surface area contributed by atoms with Gasteiger partial charge in [-0.25, -0.2) is 4.98 Å². The van der Waals surface area contributed by atoms with Crippen molar-refractivity contribution in [2.45, 2.75) is 39.7 Å². The standard InChI is InChI=1S/C15H23N3/c1-3-5-14-8-13(10-16)9-15(17-14)18-7-4-6-12(2)11-18/h6,8-9H,3-5,7,10-11,16H2,1-2H3. The second-order valence-electron chi connectivity index (χ2n) is 5.04. The minimum absolute atomic E-state index is 0.592. The summed E-state index contributed by atoms with van der Waals surface area (Å²) in [6.07, 6.45) is 5.59. The van der Waals surface area contributed by atoms with E-state index in [1.807, 2.05) is 0 Å². The molecule has 0 aliphatic carbocycles. The van der Waals surface area contributed by atoms with Crippen molar-refractivity contribution >= 4 is 5.82 Å². The molecule has 0 atom stereocenters. The Morgan fingerprint density at radius 3 is 2.89 bits per heavy atom. The average molecular weight is 245 g/mol. The molecule has 0 bridgehead atoms. The van der Waals surface area contributed by atoms with Crippen molar-refractivity contribution in [1.29, 1.82) is 0 Å². The van der Waals surface area contributed by atoms with Gasteiger partial charge in [-0.05, 0) is 37.5 Å². The Labute approximate surface area is 110 Å². The van der Waals surface area contributed by atoms with Gasteiger partial charge in [0.2, 0.25) is 0 Å². The van der Waals surface area contributed by atoms with E-state index in [0.29, 0.717) is 6.54 Å². The Morgan fingerprint density at radius 2 is 2.22 bits per heavy atom. The summed E-state index contributed by atoms with van der Waals surface area (Å²) in [5.41, 5.74) is 9.57. The molecule has 18 heavy (non-hydrogen) atoms. The molecule has 0 radical (unpaired) electrons. The Bertz CT molecular complexity index is 437. The molecule has 2 rings (SSSR count). The van der Waals surface area contributed by atoms with E-state index in [9.17, 15) is 0 Å². The number of anilines is 1. The largest absolute Gasteiger partial charge is 0.352 e. The van der Waals surface area contributed by atoms with Crippen LogP contribution in [0.1, 0.15) is 37.9 Å². The summed E-state index contributed by atoms with van der Waals surface area (Å²) in [6, 6.07) is 4.28. The Morgan fingerprint density at radius 1 is 1.39 bits per heavy atom. The molecule has 2 N–H and O–H groups in total. The van der Waals surface area contributed by atoms with Crippen LogP contribution in [0.3, 0.4) is 0 Å². The molecule has 0 saturated carbocycles.